The number of hydrogen-bond acceptors (Lipinski definition) is 4. The summed E-state index contributed by atoms with van der Waals surface area (Å²) in [4.78, 5) is 19.4. The molecular formula is C26H31ClN2O3. The first-order valence-electron chi connectivity index (χ1n) is 11.1. The maximum Gasteiger partial charge on any atom is 0.227 e. The number of fused-ring (bicyclic) bond motifs is 3. The van der Waals surface area contributed by atoms with Crippen LogP contribution in [0.5, 0.6) is 11.5 Å². The number of halogens is 1. The Morgan fingerprint density at radius 3 is 2.59 bits per heavy atom. The van der Waals surface area contributed by atoms with Gasteiger partial charge in [-0.2, -0.15) is 0 Å². The summed E-state index contributed by atoms with van der Waals surface area (Å²) in [7, 11) is 1.70. The number of rotatable bonds is 3. The average Bonchev–Trinajstić information content (AvgIpc) is 3.27. The molecule has 1 amide bonds. The Morgan fingerprint density at radius 2 is 1.91 bits per heavy atom. The molecule has 3 aliphatic heterocycles. The highest BCUT2D eigenvalue weighted by Gasteiger charge is 2.39. The summed E-state index contributed by atoms with van der Waals surface area (Å²) in [5.41, 5.74) is 6.07. The number of amides is 1. The van der Waals surface area contributed by atoms with Crippen LogP contribution in [0.15, 0.2) is 35.3 Å². The maximum absolute atomic E-state index is 12.3. The fraction of sp³-hybridized carbons (Fsp3) is 0.462. The van der Waals surface area contributed by atoms with Gasteiger partial charge >= 0.3 is 0 Å². The molecule has 1 saturated heterocycles. The first-order valence-corrected chi connectivity index (χ1v) is 11.1. The first kappa shape index (κ1) is 22.7. The van der Waals surface area contributed by atoms with Gasteiger partial charge in [0.15, 0.2) is 11.5 Å². The molecule has 0 unspecified atom stereocenters. The summed E-state index contributed by atoms with van der Waals surface area (Å²) in [5, 5.41) is 0. The number of carbonyl (C=O) groups excluding carboxylic acids is 1. The van der Waals surface area contributed by atoms with Crippen molar-refractivity contribution in [3.63, 3.8) is 0 Å². The summed E-state index contributed by atoms with van der Waals surface area (Å²) in [5.74, 6) is 1.83. The lowest BCUT2D eigenvalue weighted by Gasteiger charge is -2.31. The molecule has 3 aliphatic rings. The van der Waals surface area contributed by atoms with Gasteiger partial charge in [0.2, 0.25) is 5.91 Å². The molecule has 0 saturated carbocycles. The highest BCUT2D eigenvalue weighted by Crippen LogP contribution is 2.48. The molecule has 0 N–H and O–H groups in total. The van der Waals surface area contributed by atoms with Crippen molar-refractivity contribution < 1.29 is 14.3 Å². The smallest absolute Gasteiger partial charge is 0.227 e. The summed E-state index contributed by atoms with van der Waals surface area (Å²) >= 11 is 0. The van der Waals surface area contributed by atoms with Gasteiger partial charge in [-0.15, -0.1) is 12.4 Å². The van der Waals surface area contributed by atoms with Crippen molar-refractivity contribution in [2.75, 3.05) is 18.6 Å². The van der Waals surface area contributed by atoms with E-state index in [0.29, 0.717) is 6.42 Å². The van der Waals surface area contributed by atoms with Crippen molar-refractivity contribution in [1.82, 2.24) is 0 Å². The van der Waals surface area contributed by atoms with Crippen LogP contribution >= 0.6 is 12.4 Å². The lowest BCUT2D eigenvalue weighted by atomic mass is 9.81. The van der Waals surface area contributed by atoms with E-state index in [-0.39, 0.29) is 29.5 Å². The van der Waals surface area contributed by atoms with Crippen LogP contribution in [0.25, 0.3) is 0 Å². The molecule has 0 aliphatic carbocycles. The molecule has 1 fully saturated rings. The SMILES string of the molecule is COc1cc2c(c3c1OC(C)(C)C3)C(c1cccc(N3CCCC3=O)c1)=NC(C)(C)C2.Cl. The number of aliphatic imine (C=N–C) groups is 1. The zero-order valence-corrected chi connectivity index (χ0v) is 20.3. The van der Waals surface area contributed by atoms with Gasteiger partial charge in [0, 0.05) is 41.8 Å². The van der Waals surface area contributed by atoms with Crippen molar-refractivity contribution in [2.24, 2.45) is 4.99 Å². The average molecular weight is 455 g/mol. The number of hydrogen-bond donors (Lipinski definition) is 0. The molecular weight excluding hydrogens is 424 g/mol. The molecule has 0 radical (unpaired) electrons. The standard InChI is InChI=1S/C26H30N2O3.ClH/c1-25(2)14-17-13-20(30-5)24-19(15-26(3,4)31-24)22(17)23(27-25)16-8-6-9-18(12-16)28-11-7-10-21(28)29;/h6,8-9,12-13H,7,10-11,14-15H2,1-5H3;1H. The topological polar surface area (TPSA) is 51.1 Å². The van der Waals surface area contributed by atoms with E-state index in [1.165, 1.54) is 16.7 Å². The number of ether oxygens (including phenoxy) is 2. The molecule has 2 aromatic rings. The molecule has 0 bridgehead atoms. The van der Waals surface area contributed by atoms with Gasteiger partial charge in [-0.25, -0.2) is 0 Å². The van der Waals surface area contributed by atoms with E-state index in [0.717, 1.165) is 54.3 Å². The van der Waals surface area contributed by atoms with E-state index >= 15 is 0 Å². The van der Waals surface area contributed by atoms with Gasteiger partial charge < -0.3 is 14.4 Å². The third-order valence-electron chi connectivity index (χ3n) is 6.41. The minimum atomic E-state index is -0.285. The number of anilines is 1. The quantitative estimate of drug-likeness (QED) is 0.646. The Morgan fingerprint density at radius 1 is 1.12 bits per heavy atom. The van der Waals surface area contributed by atoms with Crippen LogP contribution in [-0.4, -0.2) is 36.4 Å². The number of nitrogens with zero attached hydrogens (tertiary/aromatic N) is 2. The zero-order valence-electron chi connectivity index (χ0n) is 19.4. The van der Waals surface area contributed by atoms with E-state index in [1.807, 2.05) is 17.0 Å². The summed E-state index contributed by atoms with van der Waals surface area (Å²) in [6, 6.07) is 10.4. The summed E-state index contributed by atoms with van der Waals surface area (Å²) in [6.07, 6.45) is 3.20. The Balaban J connectivity index is 0.00000245. The third kappa shape index (κ3) is 3.77. The summed E-state index contributed by atoms with van der Waals surface area (Å²) < 4.78 is 12.0. The van der Waals surface area contributed by atoms with E-state index in [1.54, 1.807) is 7.11 Å². The van der Waals surface area contributed by atoms with E-state index < -0.39 is 0 Å². The molecule has 0 aromatic heterocycles. The molecule has 5 nitrogen and oxygen atoms in total. The van der Waals surface area contributed by atoms with Crippen molar-refractivity contribution in [2.45, 2.75) is 64.5 Å². The highest BCUT2D eigenvalue weighted by atomic mass is 35.5. The van der Waals surface area contributed by atoms with E-state index in [9.17, 15) is 4.79 Å². The van der Waals surface area contributed by atoms with Gasteiger partial charge in [0.05, 0.1) is 18.4 Å². The number of carbonyl (C=O) groups is 1. The van der Waals surface area contributed by atoms with E-state index in [4.69, 9.17) is 14.5 Å². The molecule has 0 atom stereocenters. The Bertz CT molecular complexity index is 1120. The fourth-order valence-electron chi connectivity index (χ4n) is 5.17. The summed E-state index contributed by atoms with van der Waals surface area (Å²) in [6.45, 7) is 9.35. The predicted molar refractivity (Wildman–Crippen MR) is 130 cm³/mol. The predicted octanol–water partition coefficient (Wildman–Crippen LogP) is 5.13. The second kappa shape index (κ2) is 7.80. The van der Waals surface area contributed by atoms with Crippen molar-refractivity contribution in [3.05, 3.63) is 52.6 Å². The van der Waals surface area contributed by atoms with Crippen LogP contribution in [0.4, 0.5) is 5.69 Å². The molecule has 0 spiro atoms. The minimum Gasteiger partial charge on any atom is -0.493 e. The molecule has 2 aromatic carbocycles. The second-order valence-electron chi connectivity index (χ2n) is 10.1. The van der Waals surface area contributed by atoms with Crippen molar-refractivity contribution >= 4 is 29.7 Å². The van der Waals surface area contributed by atoms with Gasteiger partial charge in [0.1, 0.15) is 5.60 Å². The van der Waals surface area contributed by atoms with Crippen LogP contribution < -0.4 is 14.4 Å². The Hall–Kier alpha value is -2.53. The Labute approximate surface area is 196 Å². The van der Waals surface area contributed by atoms with E-state index in [2.05, 4.69) is 45.9 Å². The van der Waals surface area contributed by atoms with Gasteiger partial charge in [-0.3, -0.25) is 9.79 Å². The third-order valence-corrected chi connectivity index (χ3v) is 6.41. The molecule has 5 rings (SSSR count). The normalized spacial score (nSPS) is 20.1. The lowest BCUT2D eigenvalue weighted by Crippen LogP contribution is -2.31. The molecule has 6 heteroatoms. The van der Waals surface area contributed by atoms with Crippen molar-refractivity contribution in [3.8, 4) is 11.5 Å². The maximum atomic E-state index is 12.3. The number of methoxy groups -OCH3 is 1. The van der Waals surface area contributed by atoms with Crippen LogP contribution in [-0.2, 0) is 17.6 Å². The lowest BCUT2D eigenvalue weighted by molar-refractivity contribution is -0.117. The first-order chi connectivity index (χ1) is 14.7. The van der Waals surface area contributed by atoms with Gasteiger partial charge in [0.25, 0.3) is 0 Å². The monoisotopic (exact) mass is 454 g/mol. The number of benzene rings is 2. The minimum absolute atomic E-state index is 0. The van der Waals surface area contributed by atoms with Crippen LogP contribution in [0, 0.1) is 0 Å². The van der Waals surface area contributed by atoms with Gasteiger partial charge in [-0.05, 0) is 64.3 Å². The Kier molecular flexibility index (Phi) is 5.52. The largest absolute Gasteiger partial charge is 0.493 e. The van der Waals surface area contributed by atoms with Crippen LogP contribution in [0.1, 0.15) is 62.8 Å². The zero-order chi connectivity index (χ0) is 22.0. The second-order valence-corrected chi connectivity index (χ2v) is 10.1. The molecule has 32 heavy (non-hydrogen) atoms. The van der Waals surface area contributed by atoms with Gasteiger partial charge in [-0.1, -0.05) is 12.1 Å². The highest BCUT2D eigenvalue weighted by molar-refractivity contribution is 6.16. The van der Waals surface area contributed by atoms with Crippen molar-refractivity contribution in [1.29, 1.82) is 0 Å². The fourth-order valence-corrected chi connectivity index (χ4v) is 5.17. The molecule has 3 heterocycles. The van der Waals surface area contributed by atoms with Crippen LogP contribution in [0.2, 0.25) is 0 Å². The van der Waals surface area contributed by atoms with Crippen LogP contribution in [0.3, 0.4) is 0 Å². The molecule has 170 valence electrons.